The second-order valence-electron chi connectivity index (χ2n) is 5.42. The summed E-state index contributed by atoms with van der Waals surface area (Å²) < 4.78 is 64.7. The zero-order chi connectivity index (χ0) is 21.4. The van der Waals surface area contributed by atoms with Crippen molar-refractivity contribution in [2.45, 2.75) is 6.18 Å². The van der Waals surface area contributed by atoms with Gasteiger partial charge < -0.3 is 5.73 Å². The van der Waals surface area contributed by atoms with E-state index in [1.807, 2.05) is 0 Å². The van der Waals surface area contributed by atoms with Gasteiger partial charge in [-0.05, 0) is 18.4 Å². The van der Waals surface area contributed by atoms with E-state index in [-0.39, 0.29) is 28.8 Å². The Hall–Kier alpha value is -1.81. The molecule has 1 heterocycles. The molecule has 0 saturated carbocycles. The predicted octanol–water partition coefficient (Wildman–Crippen LogP) is 3.74. The minimum atomic E-state index is -4.68. The van der Waals surface area contributed by atoms with E-state index in [0.717, 1.165) is 27.0 Å². The number of sulfonamides is 1. The first-order valence-corrected chi connectivity index (χ1v) is 11.1. The molecule has 152 valence electrons. The van der Waals surface area contributed by atoms with Crippen LogP contribution in [0.2, 0.25) is 10.0 Å². The Morgan fingerprint density at radius 2 is 1.89 bits per heavy atom. The van der Waals surface area contributed by atoms with E-state index in [1.165, 1.54) is 0 Å². The normalized spacial score (nSPS) is 12.1. The number of anilines is 2. The van der Waals surface area contributed by atoms with Crippen molar-refractivity contribution in [3.63, 3.8) is 0 Å². The molecule has 0 atom stereocenters. The number of aromatic nitrogens is 2. The molecule has 0 radical (unpaired) electrons. The van der Waals surface area contributed by atoms with Crippen LogP contribution in [0.3, 0.4) is 0 Å². The van der Waals surface area contributed by atoms with Gasteiger partial charge in [0.25, 0.3) is 0 Å². The predicted molar refractivity (Wildman–Crippen MR) is 103 cm³/mol. The Morgan fingerprint density at radius 3 is 2.29 bits per heavy atom. The van der Waals surface area contributed by atoms with Crippen molar-refractivity contribution in [1.29, 1.82) is 5.26 Å². The van der Waals surface area contributed by atoms with Crippen LogP contribution in [0.5, 0.6) is 0 Å². The molecule has 1 aromatic heterocycles. The molecule has 2 rings (SSSR count). The van der Waals surface area contributed by atoms with Gasteiger partial charge in [0, 0.05) is 0 Å². The summed E-state index contributed by atoms with van der Waals surface area (Å²) in [7, 11) is -3.84. The fourth-order valence-corrected chi connectivity index (χ4v) is 4.89. The van der Waals surface area contributed by atoms with Crippen LogP contribution < -0.4 is 10.0 Å². The molecule has 0 aliphatic carbocycles. The lowest BCUT2D eigenvalue weighted by Crippen LogP contribution is -2.30. The highest BCUT2D eigenvalue weighted by Crippen LogP contribution is 2.40. The standard InChI is InChI=1S/C14H12Cl2F3N5O2S2/c1-27-6-23(28(2,25)26)12-10(5-20)22-24(13(12)21)11-8(15)3-7(4-9(11)16)14(17,18)19/h3-4H,6,21H2,1-2H3. The van der Waals surface area contributed by atoms with Crippen molar-refractivity contribution in [3.8, 4) is 11.8 Å². The lowest BCUT2D eigenvalue weighted by Gasteiger charge is -2.21. The number of halogens is 5. The van der Waals surface area contributed by atoms with Crippen molar-refractivity contribution in [2.24, 2.45) is 0 Å². The van der Waals surface area contributed by atoms with Crippen LogP contribution in [-0.4, -0.2) is 36.6 Å². The molecule has 0 unspecified atom stereocenters. The van der Waals surface area contributed by atoms with E-state index in [9.17, 15) is 26.9 Å². The molecule has 0 aliphatic heterocycles. The average molecular weight is 474 g/mol. The molecule has 0 bridgehead atoms. The number of nitrogens with two attached hydrogens (primary N) is 1. The summed E-state index contributed by atoms with van der Waals surface area (Å²) in [5, 5.41) is 12.4. The maximum atomic E-state index is 12.9. The minimum Gasteiger partial charge on any atom is -0.382 e. The molecule has 7 nitrogen and oxygen atoms in total. The van der Waals surface area contributed by atoms with Crippen molar-refractivity contribution in [2.75, 3.05) is 28.4 Å². The molecule has 2 aromatic rings. The Balaban J connectivity index is 2.77. The highest BCUT2D eigenvalue weighted by molar-refractivity contribution is 8.00. The van der Waals surface area contributed by atoms with Crippen LogP contribution in [0.4, 0.5) is 24.7 Å². The van der Waals surface area contributed by atoms with Crippen LogP contribution in [0, 0.1) is 11.3 Å². The number of benzene rings is 1. The van der Waals surface area contributed by atoms with Crippen LogP contribution in [0.15, 0.2) is 12.1 Å². The SMILES string of the molecule is CSCN(c1c(C#N)nn(-c2c(Cl)cc(C(F)(F)F)cc2Cl)c1N)S(C)(=O)=O. The van der Waals surface area contributed by atoms with Gasteiger partial charge in [0.2, 0.25) is 10.0 Å². The third-order valence-electron chi connectivity index (χ3n) is 3.45. The molecule has 0 aliphatic rings. The number of rotatable bonds is 5. The van der Waals surface area contributed by atoms with Gasteiger partial charge in [-0.15, -0.1) is 11.8 Å². The number of nitrogen functional groups attached to an aromatic ring is 1. The van der Waals surface area contributed by atoms with E-state index < -0.39 is 31.8 Å². The molecule has 0 amide bonds. The summed E-state index contributed by atoms with van der Waals surface area (Å²) >= 11 is 13.1. The molecule has 0 spiro atoms. The lowest BCUT2D eigenvalue weighted by atomic mass is 10.2. The summed E-state index contributed by atoms with van der Waals surface area (Å²) in [5.41, 5.74) is 4.12. The van der Waals surface area contributed by atoms with Gasteiger partial charge in [-0.3, -0.25) is 4.31 Å². The number of nitriles is 1. The summed E-state index contributed by atoms with van der Waals surface area (Å²) in [4.78, 5) is 0. The average Bonchev–Trinajstić information content (AvgIpc) is 2.86. The lowest BCUT2D eigenvalue weighted by molar-refractivity contribution is -0.137. The molecule has 28 heavy (non-hydrogen) atoms. The van der Waals surface area contributed by atoms with E-state index in [0.29, 0.717) is 12.1 Å². The van der Waals surface area contributed by atoms with Gasteiger partial charge >= 0.3 is 6.18 Å². The van der Waals surface area contributed by atoms with E-state index in [2.05, 4.69) is 5.10 Å². The molecule has 2 N–H and O–H groups in total. The monoisotopic (exact) mass is 473 g/mol. The van der Waals surface area contributed by atoms with E-state index >= 15 is 0 Å². The summed E-state index contributed by atoms with van der Waals surface area (Å²) in [6.07, 6.45) is -2.14. The van der Waals surface area contributed by atoms with Gasteiger partial charge in [-0.25, -0.2) is 13.1 Å². The maximum Gasteiger partial charge on any atom is 0.416 e. The Morgan fingerprint density at radius 1 is 1.36 bits per heavy atom. The first-order chi connectivity index (χ1) is 12.8. The van der Waals surface area contributed by atoms with Crippen molar-refractivity contribution in [1.82, 2.24) is 9.78 Å². The summed E-state index contributed by atoms with van der Waals surface area (Å²) in [5.74, 6) is -0.391. The van der Waals surface area contributed by atoms with Gasteiger partial charge in [0.1, 0.15) is 17.4 Å². The van der Waals surface area contributed by atoms with Crippen molar-refractivity contribution in [3.05, 3.63) is 33.4 Å². The molecule has 14 heteroatoms. The van der Waals surface area contributed by atoms with E-state index in [1.54, 1.807) is 12.3 Å². The van der Waals surface area contributed by atoms with E-state index in [4.69, 9.17) is 28.9 Å². The molecule has 1 aromatic carbocycles. The number of alkyl halides is 3. The van der Waals surface area contributed by atoms with Crippen LogP contribution in [-0.2, 0) is 16.2 Å². The van der Waals surface area contributed by atoms with Crippen LogP contribution in [0.25, 0.3) is 5.69 Å². The second kappa shape index (κ2) is 7.90. The largest absolute Gasteiger partial charge is 0.416 e. The summed E-state index contributed by atoms with van der Waals surface area (Å²) in [6, 6.07) is 2.98. The smallest absolute Gasteiger partial charge is 0.382 e. The number of thioether (sulfide) groups is 1. The number of nitrogens with zero attached hydrogens (tertiary/aromatic N) is 4. The highest BCUT2D eigenvalue weighted by atomic mass is 35.5. The van der Waals surface area contributed by atoms with Gasteiger partial charge in [-0.2, -0.15) is 23.5 Å². The molecule has 0 saturated heterocycles. The Kier molecular flexibility index (Phi) is 6.34. The third-order valence-corrected chi connectivity index (χ3v) is 5.82. The third kappa shape index (κ3) is 4.27. The maximum absolute atomic E-state index is 12.9. The van der Waals surface area contributed by atoms with Gasteiger partial charge in [-0.1, -0.05) is 23.2 Å². The number of hydrogen-bond acceptors (Lipinski definition) is 6. The fourth-order valence-electron chi connectivity index (χ4n) is 2.29. The number of hydrogen-bond donors (Lipinski definition) is 1. The first-order valence-electron chi connectivity index (χ1n) is 7.14. The summed E-state index contributed by atoms with van der Waals surface area (Å²) in [6.45, 7) is 0. The zero-order valence-corrected chi connectivity index (χ0v) is 17.4. The molecular formula is C14H12Cl2F3N5O2S2. The Labute approximate surface area is 172 Å². The van der Waals surface area contributed by atoms with Crippen molar-refractivity contribution >= 4 is 56.5 Å². The molecule has 0 fully saturated rings. The highest BCUT2D eigenvalue weighted by Gasteiger charge is 2.33. The minimum absolute atomic E-state index is 0.0715. The quantitative estimate of drug-likeness (QED) is 0.663. The van der Waals surface area contributed by atoms with Gasteiger partial charge in [0.15, 0.2) is 11.5 Å². The van der Waals surface area contributed by atoms with Crippen LogP contribution in [0.1, 0.15) is 11.3 Å². The first kappa shape index (κ1) is 22.5. The topological polar surface area (TPSA) is 105 Å². The van der Waals surface area contributed by atoms with Gasteiger partial charge in [0.05, 0.1) is 27.7 Å². The zero-order valence-electron chi connectivity index (χ0n) is 14.3. The van der Waals surface area contributed by atoms with Crippen LogP contribution >= 0.6 is 35.0 Å². The Bertz CT molecular complexity index is 1040. The van der Waals surface area contributed by atoms with Crippen molar-refractivity contribution < 1.29 is 21.6 Å². The second-order valence-corrected chi connectivity index (χ2v) is 8.98. The molecular weight excluding hydrogens is 462 g/mol. The fraction of sp³-hybridized carbons (Fsp3) is 0.286.